The second kappa shape index (κ2) is 6.49. The Kier molecular flexibility index (Phi) is 4.94. The molecule has 0 atom stereocenters. The first-order valence-electron chi connectivity index (χ1n) is 6.77. The van der Waals surface area contributed by atoms with Gasteiger partial charge in [0, 0.05) is 6.54 Å². The van der Waals surface area contributed by atoms with E-state index in [0.717, 1.165) is 19.1 Å². The molecule has 0 bridgehead atoms. The van der Waals surface area contributed by atoms with Crippen molar-refractivity contribution in [3.05, 3.63) is 0 Å². The van der Waals surface area contributed by atoms with Crippen molar-refractivity contribution in [2.45, 2.75) is 57.5 Å². The maximum atomic E-state index is 5.90. The van der Waals surface area contributed by atoms with Crippen molar-refractivity contribution in [2.75, 3.05) is 19.7 Å². The number of ether oxygens (including phenoxy) is 1. The largest absolute Gasteiger partial charge is 0.377 e. The highest BCUT2D eigenvalue weighted by Crippen LogP contribution is 2.27. The molecule has 2 rings (SSSR count). The van der Waals surface area contributed by atoms with E-state index in [1.807, 2.05) is 0 Å². The van der Waals surface area contributed by atoms with Crippen molar-refractivity contribution in [2.24, 2.45) is 5.92 Å². The summed E-state index contributed by atoms with van der Waals surface area (Å²) in [6.07, 6.45) is 11.6. The predicted molar refractivity (Wildman–Crippen MR) is 63.0 cm³/mol. The Bertz CT molecular complexity index is 160. The highest BCUT2D eigenvalue weighted by Gasteiger charge is 2.20. The molecule has 88 valence electrons. The van der Waals surface area contributed by atoms with E-state index in [9.17, 15) is 0 Å². The first-order chi connectivity index (χ1) is 7.45. The minimum absolute atomic E-state index is 0.565. The Balaban J connectivity index is 1.44. The lowest BCUT2D eigenvalue weighted by atomic mass is 10.1. The van der Waals surface area contributed by atoms with Crippen LogP contribution in [0.3, 0.4) is 0 Å². The lowest BCUT2D eigenvalue weighted by Gasteiger charge is -2.15. The Labute approximate surface area is 93.8 Å². The van der Waals surface area contributed by atoms with Gasteiger partial charge < -0.3 is 10.1 Å². The summed E-state index contributed by atoms with van der Waals surface area (Å²) < 4.78 is 5.90. The minimum atomic E-state index is 0.565. The highest BCUT2D eigenvalue weighted by atomic mass is 16.5. The Hall–Kier alpha value is -0.0800. The van der Waals surface area contributed by atoms with Gasteiger partial charge in [0.05, 0.1) is 12.7 Å². The fourth-order valence-corrected chi connectivity index (χ4v) is 2.33. The first-order valence-corrected chi connectivity index (χ1v) is 6.77. The van der Waals surface area contributed by atoms with Crippen LogP contribution in [-0.2, 0) is 4.74 Å². The fourth-order valence-electron chi connectivity index (χ4n) is 2.33. The molecular weight excluding hydrogens is 186 g/mol. The third kappa shape index (κ3) is 4.98. The topological polar surface area (TPSA) is 21.3 Å². The summed E-state index contributed by atoms with van der Waals surface area (Å²) in [7, 11) is 0. The highest BCUT2D eigenvalue weighted by molar-refractivity contribution is 4.75. The third-order valence-electron chi connectivity index (χ3n) is 3.56. The molecule has 15 heavy (non-hydrogen) atoms. The van der Waals surface area contributed by atoms with Crippen LogP contribution in [-0.4, -0.2) is 25.8 Å². The van der Waals surface area contributed by atoms with Crippen molar-refractivity contribution >= 4 is 0 Å². The summed E-state index contributed by atoms with van der Waals surface area (Å²) in [4.78, 5) is 0. The molecule has 2 aliphatic rings. The average Bonchev–Trinajstić information content (AvgIpc) is 3.03. The molecule has 0 radical (unpaired) electrons. The van der Waals surface area contributed by atoms with Crippen LogP contribution >= 0.6 is 0 Å². The molecule has 0 aromatic heterocycles. The number of rotatable bonds is 6. The maximum absolute atomic E-state index is 5.90. The van der Waals surface area contributed by atoms with Gasteiger partial charge in [0.2, 0.25) is 0 Å². The van der Waals surface area contributed by atoms with E-state index in [4.69, 9.17) is 4.74 Å². The van der Waals surface area contributed by atoms with Crippen molar-refractivity contribution in [1.82, 2.24) is 5.32 Å². The van der Waals surface area contributed by atoms with Gasteiger partial charge in [-0.2, -0.15) is 0 Å². The molecule has 0 aliphatic heterocycles. The molecule has 0 heterocycles. The van der Waals surface area contributed by atoms with E-state index >= 15 is 0 Å². The van der Waals surface area contributed by atoms with Gasteiger partial charge >= 0.3 is 0 Å². The SMILES string of the molecule is C1CCCC(OCCNCC2CC2)CC1. The summed E-state index contributed by atoms with van der Waals surface area (Å²) in [5.74, 6) is 0.989. The Morgan fingerprint density at radius 3 is 2.33 bits per heavy atom. The molecule has 2 nitrogen and oxygen atoms in total. The molecule has 0 saturated heterocycles. The van der Waals surface area contributed by atoms with E-state index in [1.54, 1.807) is 0 Å². The van der Waals surface area contributed by atoms with Crippen LogP contribution < -0.4 is 5.32 Å². The second-order valence-corrected chi connectivity index (χ2v) is 5.13. The van der Waals surface area contributed by atoms with E-state index < -0.39 is 0 Å². The summed E-state index contributed by atoms with van der Waals surface area (Å²) in [5.41, 5.74) is 0. The average molecular weight is 211 g/mol. The summed E-state index contributed by atoms with van der Waals surface area (Å²) in [6.45, 7) is 3.18. The van der Waals surface area contributed by atoms with Gasteiger partial charge in [0.25, 0.3) is 0 Å². The van der Waals surface area contributed by atoms with Crippen LogP contribution in [0.2, 0.25) is 0 Å². The van der Waals surface area contributed by atoms with Crippen molar-refractivity contribution in [3.63, 3.8) is 0 Å². The van der Waals surface area contributed by atoms with Crippen LogP contribution in [0.1, 0.15) is 51.4 Å². The molecule has 1 N–H and O–H groups in total. The molecule has 0 spiro atoms. The van der Waals surface area contributed by atoms with Crippen LogP contribution in [0.4, 0.5) is 0 Å². The normalized spacial score (nSPS) is 24.0. The van der Waals surface area contributed by atoms with Gasteiger partial charge in [-0.05, 0) is 38.1 Å². The van der Waals surface area contributed by atoms with Crippen molar-refractivity contribution in [3.8, 4) is 0 Å². The Morgan fingerprint density at radius 1 is 0.933 bits per heavy atom. The fraction of sp³-hybridized carbons (Fsp3) is 1.00. The Morgan fingerprint density at radius 2 is 1.67 bits per heavy atom. The van der Waals surface area contributed by atoms with Gasteiger partial charge in [0.15, 0.2) is 0 Å². The summed E-state index contributed by atoms with van der Waals surface area (Å²) in [5, 5.41) is 3.48. The molecule has 2 heteroatoms. The zero-order valence-electron chi connectivity index (χ0n) is 9.84. The van der Waals surface area contributed by atoms with Gasteiger partial charge in [-0.1, -0.05) is 25.7 Å². The molecule has 0 aromatic rings. The number of hydrogen-bond acceptors (Lipinski definition) is 2. The summed E-state index contributed by atoms with van der Waals surface area (Å²) in [6, 6.07) is 0. The summed E-state index contributed by atoms with van der Waals surface area (Å²) >= 11 is 0. The molecule has 2 saturated carbocycles. The smallest absolute Gasteiger partial charge is 0.0594 e. The third-order valence-corrected chi connectivity index (χ3v) is 3.56. The molecule has 0 unspecified atom stereocenters. The van der Waals surface area contributed by atoms with E-state index in [0.29, 0.717) is 6.10 Å². The molecule has 2 aliphatic carbocycles. The molecular formula is C13H25NO. The first kappa shape index (κ1) is 11.4. The van der Waals surface area contributed by atoms with Crippen LogP contribution in [0.25, 0.3) is 0 Å². The quantitative estimate of drug-likeness (QED) is 0.539. The predicted octanol–water partition coefficient (Wildman–Crippen LogP) is 2.73. The number of nitrogens with one attached hydrogen (secondary N) is 1. The van der Waals surface area contributed by atoms with Crippen LogP contribution in [0.15, 0.2) is 0 Å². The molecule has 2 fully saturated rings. The van der Waals surface area contributed by atoms with E-state index in [1.165, 1.54) is 57.9 Å². The van der Waals surface area contributed by atoms with Gasteiger partial charge in [-0.15, -0.1) is 0 Å². The standard InChI is InChI=1S/C13H25NO/c1-2-4-6-13(5-3-1)15-10-9-14-11-12-7-8-12/h12-14H,1-11H2. The minimum Gasteiger partial charge on any atom is -0.377 e. The monoisotopic (exact) mass is 211 g/mol. The molecule has 0 aromatic carbocycles. The number of hydrogen-bond donors (Lipinski definition) is 1. The van der Waals surface area contributed by atoms with E-state index in [2.05, 4.69) is 5.32 Å². The van der Waals surface area contributed by atoms with Crippen molar-refractivity contribution in [1.29, 1.82) is 0 Å². The van der Waals surface area contributed by atoms with E-state index in [-0.39, 0.29) is 0 Å². The zero-order chi connectivity index (χ0) is 10.3. The molecule has 0 amide bonds. The van der Waals surface area contributed by atoms with Crippen molar-refractivity contribution < 1.29 is 4.74 Å². The maximum Gasteiger partial charge on any atom is 0.0594 e. The van der Waals surface area contributed by atoms with Gasteiger partial charge in [-0.3, -0.25) is 0 Å². The van der Waals surface area contributed by atoms with Crippen LogP contribution in [0, 0.1) is 5.92 Å². The van der Waals surface area contributed by atoms with Gasteiger partial charge in [0.1, 0.15) is 0 Å². The lowest BCUT2D eigenvalue weighted by molar-refractivity contribution is 0.0451. The van der Waals surface area contributed by atoms with Crippen LogP contribution in [0.5, 0.6) is 0 Å². The van der Waals surface area contributed by atoms with Gasteiger partial charge in [-0.25, -0.2) is 0 Å². The second-order valence-electron chi connectivity index (χ2n) is 5.13. The lowest BCUT2D eigenvalue weighted by Crippen LogP contribution is -2.24. The zero-order valence-corrected chi connectivity index (χ0v) is 9.84.